The van der Waals surface area contributed by atoms with Crippen molar-refractivity contribution in [2.24, 2.45) is 39.7 Å². The van der Waals surface area contributed by atoms with Gasteiger partial charge in [-0.2, -0.15) is 0 Å². The van der Waals surface area contributed by atoms with E-state index in [0.717, 1.165) is 54.1 Å². The molecule has 0 aromatic rings. The number of nitrogens with zero attached hydrogens (tertiary/aromatic N) is 2. The maximum absolute atomic E-state index is 5.70. The van der Waals surface area contributed by atoms with Gasteiger partial charge in [-0.1, -0.05) is 31.5 Å². The molecule has 0 heterocycles. The third kappa shape index (κ3) is 3.93. The first-order chi connectivity index (χ1) is 13.6. The minimum atomic E-state index is 0.415. The predicted octanol–water partition coefficient (Wildman–Crippen LogP) is 6.05. The van der Waals surface area contributed by atoms with E-state index in [1.165, 1.54) is 50.7 Å². The summed E-state index contributed by atoms with van der Waals surface area (Å²) in [6.07, 6.45) is 14.4. The normalized spacial score (nSPS) is 43.4. The average Bonchev–Trinajstić information content (AvgIpc) is 2.95. The van der Waals surface area contributed by atoms with E-state index in [9.17, 15) is 0 Å². The Morgan fingerprint density at radius 2 is 1.83 bits per heavy atom. The van der Waals surface area contributed by atoms with E-state index >= 15 is 0 Å². The van der Waals surface area contributed by atoms with Gasteiger partial charge in [-0.05, 0) is 91.9 Å². The number of rotatable bonds is 5. The van der Waals surface area contributed by atoms with Crippen molar-refractivity contribution in [3.8, 4) is 0 Å². The second-order valence-corrected chi connectivity index (χ2v) is 12.3. The number of quaternary nitrogens is 1. The lowest BCUT2D eigenvalue weighted by molar-refractivity contribution is -0.870. The molecule has 4 aliphatic carbocycles. The van der Waals surface area contributed by atoms with Crippen LogP contribution >= 0.6 is 0 Å². The Bertz CT molecular complexity index is 675. The fraction of sp³-hybridized carbons (Fsp3) is 0.885. The standard InChI is InChI=1S/C26H45N2O/c1-19-8-11-23-22-10-9-20-18-21(27-29-17-7-16-28(4,5)6)12-14-26(20,3)24(22)13-15-25(19,23)2/h18-19,22-24H,7-17H2,1-6H3/q+1/b27-21-/t19-,22-,23-,24-,25+,26-/m0/s1/i7+1,16+1,17+1. The fourth-order valence-electron chi connectivity index (χ4n) is 7.64. The molecule has 164 valence electrons. The Balaban J connectivity index is 1.42. The maximum Gasteiger partial charge on any atom is 0.122 e. The van der Waals surface area contributed by atoms with E-state index in [1.807, 2.05) is 0 Å². The highest BCUT2D eigenvalue weighted by molar-refractivity contribution is 5.96. The molecule has 0 amide bonds. The molecule has 0 N–H and O–H groups in total. The van der Waals surface area contributed by atoms with Gasteiger partial charge in [0.25, 0.3) is 0 Å². The van der Waals surface area contributed by atoms with Crippen LogP contribution in [0.5, 0.6) is 0 Å². The molecule has 0 spiro atoms. The molecular weight excluding hydrogens is 359 g/mol. The molecule has 6 atom stereocenters. The zero-order valence-electron chi connectivity index (χ0n) is 20.0. The molecule has 4 aliphatic rings. The van der Waals surface area contributed by atoms with Gasteiger partial charge in [0.15, 0.2) is 0 Å². The van der Waals surface area contributed by atoms with Crippen LogP contribution in [0.15, 0.2) is 16.8 Å². The Labute approximate surface area is 179 Å². The number of fused-ring (bicyclic) bond motifs is 5. The summed E-state index contributed by atoms with van der Waals surface area (Å²) in [6, 6.07) is 0. The summed E-state index contributed by atoms with van der Waals surface area (Å²) >= 11 is 0. The predicted molar refractivity (Wildman–Crippen MR) is 122 cm³/mol. The zero-order valence-corrected chi connectivity index (χ0v) is 20.0. The van der Waals surface area contributed by atoms with Crippen LogP contribution in [0.2, 0.25) is 0 Å². The molecule has 0 aromatic heterocycles. The molecule has 3 nitrogen and oxygen atoms in total. The van der Waals surface area contributed by atoms with Gasteiger partial charge in [-0.25, -0.2) is 0 Å². The second kappa shape index (κ2) is 7.70. The Hall–Kier alpha value is -0.830. The summed E-state index contributed by atoms with van der Waals surface area (Å²) in [7, 11) is 6.69. The van der Waals surface area contributed by atoms with E-state index in [-0.39, 0.29) is 0 Å². The monoisotopic (exact) mass is 404 g/mol. The quantitative estimate of drug-likeness (QED) is 0.236. The lowest BCUT2D eigenvalue weighted by Crippen LogP contribution is -2.50. The van der Waals surface area contributed by atoms with E-state index in [2.05, 4.69) is 53.1 Å². The Morgan fingerprint density at radius 1 is 1.03 bits per heavy atom. The largest absolute Gasteiger partial charge is 0.395 e. The van der Waals surface area contributed by atoms with Gasteiger partial charge in [-0.15, -0.1) is 0 Å². The minimum absolute atomic E-state index is 0.415. The van der Waals surface area contributed by atoms with Crippen molar-refractivity contribution in [2.75, 3.05) is 34.3 Å². The molecule has 3 fully saturated rings. The lowest BCUT2D eigenvalue weighted by Gasteiger charge is -2.58. The summed E-state index contributed by atoms with van der Waals surface area (Å²) < 4.78 is 0.990. The van der Waals surface area contributed by atoms with Gasteiger partial charge in [-0.3, -0.25) is 0 Å². The van der Waals surface area contributed by atoms with E-state index < -0.39 is 0 Å². The molecule has 0 aromatic carbocycles. The Kier molecular flexibility index (Phi) is 5.68. The van der Waals surface area contributed by atoms with Crippen LogP contribution in [0.3, 0.4) is 0 Å². The van der Waals surface area contributed by atoms with Crippen LogP contribution in [0.4, 0.5) is 0 Å². The SMILES string of the molecule is C[C@H]1CC[C@H]2[C@@H]3CCC4=C/C(=N\O[13CH2][13CH2][13CH2][N+](C)(C)C)CC[C@]4(C)[C@H]3CC[C@]12C. The van der Waals surface area contributed by atoms with Crippen molar-refractivity contribution in [1.29, 1.82) is 0 Å². The molecule has 29 heavy (non-hydrogen) atoms. The van der Waals surface area contributed by atoms with Crippen molar-refractivity contribution < 1.29 is 9.32 Å². The minimum Gasteiger partial charge on any atom is -0.395 e. The van der Waals surface area contributed by atoms with E-state index in [4.69, 9.17) is 4.84 Å². The van der Waals surface area contributed by atoms with Crippen LogP contribution in [-0.2, 0) is 4.84 Å². The molecule has 0 unspecified atom stereocenters. The summed E-state index contributed by atoms with van der Waals surface area (Å²) in [5, 5.41) is 4.54. The van der Waals surface area contributed by atoms with Crippen molar-refractivity contribution in [1.82, 2.24) is 0 Å². The van der Waals surface area contributed by atoms with Crippen molar-refractivity contribution >= 4 is 5.71 Å². The molecule has 3 saturated carbocycles. The maximum atomic E-state index is 5.70. The number of allylic oxidation sites excluding steroid dienone is 2. The highest BCUT2D eigenvalue weighted by atomic mass is 16.7. The van der Waals surface area contributed by atoms with Crippen LogP contribution in [-0.4, -0.2) is 44.5 Å². The van der Waals surface area contributed by atoms with Gasteiger partial charge in [0.05, 0.1) is 33.4 Å². The molecule has 3 heteroatoms. The van der Waals surface area contributed by atoms with Crippen LogP contribution < -0.4 is 0 Å². The lowest BCUT2D eigenvalue weighted by atomic mass is 9.47. The smallest absolute Gasteiger partial charge is 0.122 e. The summed E-state index contributed by atoms with van der Waals surface area (Å²) in [5.74, 6) is 3.77. The highest BCUT2D eigenvalue weighted by Crippen LogP contribution is 2.66. The second-order valence-electron chi connectivity index (χ2n) is 12.3. The van der Waals surface area contributed by atoms with Crippen molar-refractivity contribution in [3.63, 3.8) is 0 Å². The zero-order chi connectivity index (χ0) is 20.9. The van der Waals surface area contributed by atoms with Crippen molar-refractivity contribution in [3.05, 3.63) is 11.6 Å². The topological polar surface area (TPSA) is 21.6 Å². The summed E-state index contributed by atoms with van der Waals surface area (Å²) in [6.45, 7) is 9.62. The van der Waals surface area contributed by atoms with E-state index in [0.29, 0.717) is 10.8 Å². The first-order valence-electron chi connectivity index (χ1n) is 12.3. The van der Waals surface area contributed by atoms with Gasteiger partial charge in [0.1, 0.15) is 6.61 Å². The molecule has 0 saturated heterocycles. The summed E-state index contributed by atoms with van der Waals surface area (Å²) in [4.78, 5) is 5.70. The highest BCUT2D eigenvalue weighted by Gasteiger charge is 2.57. The average molecular weight is 405 g/mol. The van der Waals surface area contributed by atoms with Crippen LogP contribution in [0.25, 0.3) is 0 Å². The van der Waals surface area contributed by atoms with Gasteiger partial charge in [0.2, 0.25) is 0 Å². The molecule has 4 rings (SSSR count). The third-order valence-corrected chi connectivity index (χ3v) is 9.70. The number of oxime groups is 1. The van der Waals surface area contributed by atoms with Gasteiger partial charge in [0, 0.05) is 6.42 Å². The number of hydrogen-bond donors (Lipinski definition) is 0. The molecule has 0 aliphatic heterocycles. The summed E-state index contributed by atoms with van der Waals surface area (Å²) in [5.41, 5.74) is 3.92. The Morgan fingerprint density at radius 3 is 2.59 bits per heavy atom. The molecular formula is C26H45N2O+. The third-order valence-electron chi connectivity index (χ3n) is 9.70. The van der Waals surface area contributed by atoms with Gasteiger partial charge >= 0.3 is 0 Å². The van der Waals surface area contributed by atoms with Gasteiger partial charge < -0.3 is 9.32 Å². The fourth-order valence-corrected chi connectivity index (χ4v) is 7.64. The first kappa shape index (κ1) is 21.4. The van der Waals surface area contributed by atoms with Crippen LogP contribution in [0, 0.1) is 34.5 Å². The molecule has 0 bridgehead atoms. The number of hydrogen-bond acceptors (Lipinski definition) is 2. The molecule has 0 radical (unpaired) electrons. The van der Waals surface area contributed by atoms with Crippen LogP contribution in [0.1, 0.15) is 78.6 Å². The van der Waals surface area contributed by atoms with Crippen molar-refractivity contribution in [2.45, 2.75) is 78.6 Å². The van der Waals surface area contributed by atoms with E-state index in [1.54, 1.807) is 5.57 Å². The first-order valence-corrected chi connectivity index (χ1v) is 12.3.